The molecule has 2 aromatic carbocycles. The Bertz CT molecular complexity index is 734. The van der Waals surface area contributed by atoms with Gasteiger partial charge in [-0.1, -0.05) is 30.3 Å². The van der Waals surface area contributed by atoms with Crippen molar-refractivity contribution in [1.82, 2.24) is 4.57 Å². The molecule has 0 atom stereocenters. The molecule has 0 saturated heterocycles. The predicted octanol–water partition coefficient (Wildman–Crippen LogP) is 3.94. The van der Waals surface area contributed by atoms with E-state index in [2.05, 4.69) is 44.9 Å². The van der Waals surface area contributed by atoms with Crippen LogP contribution in [0.4, 0.5) is 0 Å². The van der Waals surface area contributed by atoms with Crippen LogP contribution in [-0.2, 0) is 13.1 Å². The van der Waals surface area contributed by atoms with Gasteiger partial charge in [0.2, 0.25) is 0 Å². The van der Waals surface area contributed by atoms with Crippen LogP contribution in [0.2, 0.25) is 0 Å². The Balaban J connectivity index is 1.66. The van der Waals surface area contributed by atoms with Gasteiger partial charge in [0.15, 0.2) is 0 Å². The first-order valence-electron chi connectivity index (χ1n) is 6.93. The normalized spacial score (nSPS) is 11.0. The lowest BCUT2D eigenvalue weighted by atomic mass is 10.2. The van der Waals surface area contributed by atoms with Gasteiger partial charge < -0.3 is 15.0 Å². The fourth-order valence-electron chi connectivity index (χ4n) is 2.37. The molecule has 0 bridgehead atoms. The van der Waals surface area contributed by atoms with Crippen molar-refractivity contribution in [1.29, 1.82) is 0 Å². The highest BCUT2D eigenvalue weighted by Gasteiger charge is 2.05. The van der Waals surface area contributed by atoms with E-state index < -0.39 is 0 Å². The van der Waals surface area contributed by atoms with Gasteiger partial charge in [-0.25, -0.2) is 0 Å². The number of rotatable bonds is 5. The molecule has 21 heavy (non-hydrogen) atoms. The number of para-hydroxylation sites is 1. The SMILES string of the molecule is NCc1ccc(OCCn2cc(Br)c3ccccc32)cc1. The minimum atomic E-state index is 0.559. The van der Waals surface area contributed by atoms with Gasteiger partial charge in [-0.2, -0.15) is 0 Å². The van der Waals surface area contributed by atoms with Crippen LogP contribution in [0.3, 0.4) is 0 Å². The van der Waals surface area contributed by atoms with Crippen LogP contribution in [0.15, 0.2) is 59.2 Å². The first-order valence-corrected chi connectivity index (χ1v) is 7.72. The average Bonchev–Trinajstić information content (AvgIpc) is 2.85. The molecule has 0 aliphatic rings. The molecule has 0 aliphatic heterocycles. The molecule has 1 aromatic heterocycles. The molecular weight excluding hydrogens is 328 g/mol. The monoisotopic (exact) mass is 344 g/mol. The molecule has 2 N–H and O–H groups in total. The Morgan fingerprint density at radius 3 is 2.57 bits per heavy atom. The molecule has 1 heterocycles. The minimum Gasteiger partial charge on any atom is -0.492 e. The lowest BCUT2D eigenvalue weighted by molar-refractivity contribution is 0.300. The molecule has 3 nitrogen and oxygen atoms in total. The zero-order valence-electron chi connectivity index (χ0n) is 11.6. The second-order valence-electron chi connectivity index (χ2n) is 4.88. The van der Waals surface area contributed by atoms with Crippen LogP contribution in [0.25, 0.3) is 10.9 Å². The Kier molecular flexibility index (Phi) is 4.27. The maximum Gasteiger partial charge on any atom is 0.119 e. The van der Waals surface area contributed by atoms with Gasteiger partial charge in [0.25, 0.3) is 0 Å². The second kappa shape index (κ2) is 6.33. The van der Waals surface area contributed by atoms with Crippen molar-refractivity contribution in [2.24, 2.45) is 5.73 Å². The number of nitrogens with two attached hydrogens (primary N) is 1. The van der Waals surface area contributed by atoms with Crippen LogP contribution >= 0.6 is 15.9 Å². The fourth-order valence-corrected chi connectivity index (χ4v) is 2.95. The number of hydrogen-bond acceptors (Lipinski definition) is 2. The summed E-state index contributed by atoms with van der Waals surface area (Å²) < 4.78 is 9.11. The molecule has 108 valence electrons. The second-order valence-corrected chi connectivity index (χ2v) is 5.74. The van der Waals surface area contributed by atoms with Crippen molar-refractivity contribution in [3.05, 3.63) is 64.8 Å². The third kappa shape index (κ3) is 3.12. The number of nitrogens with zero attached hydrogens (tertiary/aromatic N) is 1. The van der Waals surface area contributed by atoms with E-state index >= 15 is 0 Å². The van der Waals surface area contributed by atoms with E-state index in [1.165, 1.54) is 10.9 Å². The van der Waals surface area contributed by atoms with Crippen molar-refractivity contribution in [3.63, 3.8) is 0 Å². The van der Waals surface area contributed by atoms with Gasteiger partial charge >= 0.3 is 0 Å². The molecule has 4 heteroatoms. The zero-order valence-corrected chi connectivity index (χ0v) is 13.2. The summed E-state index contributed by atoms with van der Waals surface area (Å²) in [4.78, 5) is 0. The number of aromatic nitrogens is 1. The lowest BCUT2D eigenvalue weighted by Crippen LogP contribution is -2.07. The van der Waals surface area contributed by atoms with Gasteiger partial charge in [-0.05, 0) is 39.7 Å². The standard InChI is InChI=1S/C17H17BrN2O/c18-16-12-20(17-4-2-1-3-15(16)17)9-10-21-14-7-5-13(11-19)6-8-14/h1-8,12H,9-11,19H2. The van der Waals surface area contributed by atoms with Crippen LogP contribution in [0.5, 0.6) is 5.75 Å². The maximum absolute atomic E-state index is 5.79. The van der Waals surface area contributed by atoms with E-state index in [1.807, 2.05) is 30.3 Å². The molecule has 0 amide bonds. The van der Waals surface area contributed by atoms with E-state index in [0.29, 0.717) is 13.2 Å². The maximum atomic E-state index is 5.79. The zero-order chi connectivity index (χ0) is 14.7. The highest BCUT2D eigenvalue weighted by molar-refractivity contribution is 9.10. The minimum absolute atomic E-state index is 0.559. The Labute approximate surface area is 132 Å². The highest BCUT2D eigenvalue weighted by atomic mass is 79.9. The lowest BCUT2D eigenvalue weighted by Gasteiger charge is -2.08. The molecule has 0 spiro atoms. The summed E-state index contributed by atoms with van der Waals surface area (Å²) in [7, 11) is 0. The summed E-state index contributed by atoms with van der Waals surface area (Å²) in [5.74, 6) is 0.878. The summed E-state index contributed by atoms with van der Waals surface area (Å²) in [6.45, 7) is 2.00. The molecule has 3 aromatic rings. The van der Waals surface area contributed by atoms with Crippen molar-refractivity contribution in [2.45, 2.75) is 13.1 Å². The van der Waals surface area contributed by atoms with Crippen molar-refractivity contribution in [2.75, 3.05) is 6.61 Å². The third-order valence-electron chi connectivity index (χ3n) is 3.50. The van der Waals surface area contributed by atoms with Gasteiger partial charge in [0.05, 0.1) is 6.54 Å². The van der Waals surface area contributed by atoms with Gasteiger partial charge in [-0.15, -0.1) is 0 Å². The van der Waals surface area contributed by atoms with Crippen LogP contribution < -0.4 is 10.5 Å². The first-order chi connectivity index (χ1) is 10.3. The first kappa shape index (κ1) is 14.2. The number of fused-ring (bicyclic) bond motifs is 1. The van der Waals surface area contributed by atoms with Gasteiger partial charge in [0, 0.05) is 28.1 Å². The molecule has 0 aliphatic carbocycles. The average molecular weight is 345 g/mol. The van der Waals surface area contributed by atoms with E-state index in [-0.39, 0.29) is 0 Å². The Morgan fingerprint density at radius 1 is 1.05 bits per heavy atom. The smallest absolute Gasteiger partial charge is 0.119 e. The fraction of sp³-hybridized carbons (Fsp3) is 0.176. The van der Waals surface area contributed by atoms with Gasteiger partial charge in [0.1, 0.15) is 12.4 Å². The third-order valence-corrected chi connectivity index (χ3v) is 4.13. The van der Waals surface area contributed by atoms with E-state index in [0.717, 1.165) is 22.3 Å². The van der Waals surface area contributed by atoms with Crippen LogP contribution in [0.1, 0.15) is 5.56 Å². The quantitative estimate of drug-likeness (QED) is 0.761. The highest BCUT2D eigenvalue weighted by Crippen LogP contribution is 2.25. The predicted molar refractivity (Wildman–Crippen MR) is 89.5 cm³/mol. The largest absolute Gasteiger partial charge is 0.492 e. The number of halogens is 1. The van der Waals surface area contributed by atoms with Crippen molar-refractivity contribution >= 4 is 26.8 Å². The van der Waals surface area contributed by atoms with Crippen LogP contribution in [0, 0.1) is 0 Å². The number of benzene rings is 2. The Morgan fingerprint density at radius 2 is 1.81 bits per heavy atom. The molecule has 0 saturated carbocycles. The van der Waals surface area contributed by atoms with E-state index in [1.54, 1.807) is 0 Å². The summed E-state index contributed by atoms with van der Waals surface area (Å²) in [6.07, 6.45) is 2.10. The summed E-state index contributed by atoms with van der Waals surface area (Å²) in [5, 5.41) is 1.23. The Hall–Kier alpha value is -1.78. The number of ether oxygens (including phenoxy) is 1. The molecule has 0 fully saturated rings. The molecule has 0 unspecified atom stereocenters. The van der Waals surface area contributed by atoms with Crippen LogP contribution in [-0.4, -0.2) is 11.2 Å². The molecule has 0 radical (unpaired) electrons. The van der Waals surface area contributed by atoms with E-state index in [4.69, 9.17) is 10.5 Å². The molecular formula is C17H17BrN2O. The summed E-state index contributed by atoms with van der Waals surface area (Å²) in [5.41, 5.74) is 7.91. The number of hydrogen-bond donors (Lipinski definition) is 1. The topological polar surface area (TPSA) is 40.2 Å². The summed E-state index contributed by atoms with van der Waals surface area (Å²) in [6, 6.07) is 16.3. The molecule has 3 rings (SSSR count). The summed E-state index contributed by atoms with van der Waals surface area (Å²) >= 11 is 3.60. The van der Waals surface area contributed by atoms with Gasteiger partial charge in [-0.3, -0.25) is 0 Å². The van der Waals surface area contributed by atoms with Crippen molar-refractivity contribution in [3.8, 4) is 5.75 Å². The van der Waals surface area contributed by atoms with Crippen molar-refractivity contribution < 1.29 is 4.74 Å². The van der Waals surface area contributed by atoms with E-state index in [9.17, 15) is 0 Å².